The van der Waals surface area contributed by atoms with Gasteiger partial charge in [-0.2, -0.15) is 5.10 Å². The molecule has 4 rings (SSSR count). The highest BCUT2D eigenvalue weighted by Gasteiger charge is 2.23. The van der Waals surface area contributed by atoms with Crippen molar-refractivity contribution in [1.29, 1.82) is 0 Å². The molecular formula is C19H22N6. The van der Waals surface area contributed by atoms with Gasteiger partial charge in [-0.05, 0) is 32.4 Å². The first kappa shape index (κ1) is 15.9. The molecule has 0 N–H and O–H groups in total. The van der Waals surface area contributed by atoms with Gasteiger partial charge in [0.15, 0.2) is 0 Å². The molecule has 25 heavy (non-hydrogen) atoms. The number of pyridine rings is 1. The molecule has 6 nitrogen and oxygen atoms in total. The maximum absolute atomic E-state index is 4.84. The summed E-state index contributed by atoms with van der Waals surface area (Å²) in [6.07, 6.45) is 5.68. The normalized spacial score (nSPS) is 14.5. The fourth-order valence-corrected chi connectivity index (χ4v) is 3.35. The molecule has 128 valence electrons. The fourth-order valence-electron chi connectivity index (χ4n) is 3.35. The van der Waals surface area contributed by atoms with Crippen molar-refractivity contribution in [2.24, 2.45) is 0 Å². The summed E-state index contributed by atoms with van der Waals surface area (Å²) in [7, 11) is 0. The molecule has 3 aromatic heterocycles. The standard InChI is InChI=1S/C19H22N6/c1-13-5-4-6-20-18(13)19-14(2)17-12-24(7-8-25(17)23-19)11-16-9-21-15(3)22-10-16/h4-6,9-10H,7-8,11-12H2,1-3H3. The SMILES string of the molecule is Cc1ncc(CN2CCn3nc(-c4ncccc4C)c(C)c3C2)cn1. The van der Waals surface area contributed by atoms with Gasteiger partial charge in [-0.1, -0.05) is 6.07 Å². The van der Waals surface area contributed by atoms with Crippen molar-refractivity contribution in [3.63, 3.8) is 0 Å². The van der Waals surface area contributed by atoms with Crippen molar-refractivity contribution in [2.75, 3.05) is 6.54 Å². The van der Waals surface area contributed by atoms with Gasteiger partial charge in [-0.25, -0.2) is 9.97 Å². The van der Waals surface area contributed by atoms with E-state index < -0.39 is 0 Å². The van der Waals surface area contributed by atoms with Crippen molar-refractivity contribution in [1.82, 2.24) is 29.6 Å². The Labute approximate surface area is 147 Å². The number of aryl methyl sites for hydroxylation is 2. The van der Waals surface area contributed by atoms with Gasteiger partial charge < -0.3 is 0 Å². The molecule has 0 fully saturated rings. The van der Waals surface area contributed by atoms with Crippen molar-refractivity contribution in [3.8, 4) is 11.4 Å². The molecule has 0 aliphatic carbocycles. The zero-order chi connectivity index (χ0) is 17.4. The molecule has 0 amide bonds. The van der Waals surface area contributed by atoms with Gasteiger partial charge in [0.25, 0.3) is 0 Å². The Bertz CT molecular complexity index is 897. The lowest BCUT2D eigenvalue weighted by atomic mass is 10.1. The predicted molar refractivity (Wildman–Crippen MR) is 95.8 cm³/mol. The second-order valence-electron chi connectivity index (χ2n) is 6.66. The molecule has 0 saturated heterocycles. The third kappa shape index (κ3) is 3.05. The molecule has 0 atom stereocenters. The van der Waals surface area contributed by atoms with Crippen LogP contribution in [0.1, 0.15) is 28.2 Å². The predicted octanol–water partition coefficient (Wildman–Crippen LogP) is 2.68. The van der Waals surface area contributed by atoms with Gasteiger partial charge in [-0.15, -0.1) is 0 Å². The molecule has 0 unspecified atom stereocenters. The second kappa shape index (κ2) is 6.37. The highest BCUT2D eigenvalue weighted by Crippen LogP contribution is 2.28. The van der Waals surface area contributed by atoms with Crippen LogP contribution in [0.5, 0.6) is 0 Å². The molecule has 1 aliphatic heterocycles. The van der Waals surface area contributed by atoms with Crippen molar-refractivity contribution >= 4 is 0 Å². The van der Waals surface area contributed by atoms with Crippen molar-refractivity contribution in [2.45, 2.75) is 40.4 Å². The van der Waals surface area contributed by atoms with Crippen LogP contribution in [0.2, 0.25) is 0 Å². The lowest BCUT2D eigenvalue weighted by molar-refractivity contribution is 0.204. The van der Waals surface area contributed by atoms with E-state index in [1.807, 2.05) is 31.6 Å². The van der Waals surface area contributed by atoms with E-state index >= 15 is 0 Å². The highest BCUT2D eigenvalue weighted by atomic mass is 15.3. The van der Waals surface area contributed by atoms with Crippen molar-refractivity contribution < 1.29 is 0 Å². The first-order valence-corrected chi connectivity index (χ1v) is 8.60. The lowest BCUT2D eigenvalue weighted by Gasteiger charge is -2.27. The quantitative estimate of drug-likeness (QED) is 0.737. The maximum Gasteiger partial charge on any atom is 0.125 e. The minimum absolute atomic E-state index is 0.812. The monoisotopic (exact) mass is 334 g/mol. The maximum atomic E-state index is 4.84. The topological polar surface area (TPSA) is 59.7 Å². The largest absolute Gasteiger partial charge is 0.291 e. The Morgan fingerprint density at radius 2 is 1.80 bits per heavy atom. The number of nitrogens with zero attached hydrogens (tertiary/aromatic N) is 6. The summed E-state index contributed by atoms with van der Waals surface area (Å²) in [5.74, 6) is 0.812. The lowest BCUT2D eigenvalue weighted by Crippen LogP contribution is -2.33. The molecule has 6 heteroatoms. The Balaban J connectivity index is 1.59. The van der Waals surface area contributed by atoms with E-state index in [2.05, 4.69) is 44.4 Å². The smallest absolute Gasteiger partial charge is 0.125 e. The summed E-state index contributed by atoms with van der Waals surface area (Å²) < 4.78 is 2.14. The number of hydrogen-bond donors (Lipinski definition) is 0. The average molecular weight is 334 g/mol. The zero-order valence-corrected chi connectivity index (χ0v) is 14.9. The van der Waals surface area contributed by atoms with E-state index in [9.17, 15) is 0 Å². The summed E-state index contributed by atoms with van der Waals surface area (Å²) >= 11 is 0. The fraction of sp³-hybridized carbons (Fsp3) is 0.368. The van der Waals surface area contributed by atoms with Crippen LogP contribution >= 0.6 is 0 Å². The molecular weight excluding hydrogens is 312 g/mol. The van der Waals surface area contributed by atoms with E-state index in [1.54, 1.807) is 0 Å². The highest BCUT2D eigenvalue weighted by molar-refractivity contribution is 5.63. The van der Waals surface area contributed by atoms with Gasteiger partial charge in [0, 0.05) is 49.4 Å². The van der Waals surface area contributed by atoms with Gasteiger partial charge in [0.05, 0.1) is 17.9 Å². The van der Waals surface area contributed by atoms with E-state index in [-0.39, 0.29) is 0 Å². The van der Waals surface area contributed by atoms with Gasteiger partial charge in [0.2, 0.25) is 0 Å². The zero-order valence-electron chi connectivity index (χ0n) is 14.9. The summed E-state index contributed by atoms with van der Waals surface area (Å²) in [4.78, 5) is 15.6. The Kier molecular flexibility index (Phi) is 4.05. The summed E-state index contributed by atoms with van der Waals surface area (Å²) in [6, 6.07) is 4.05. The average Bonchev–Trinajstić information content (AvgIpc) is 2.94. The molecule has 0 spiro atoms. The van der Waals surface area contributed by atoms with Crippen molar-refractivity contribution in [3.05, 3.63) is 58.9 Å². The van der Waals surface area contributed by atoms with E-state index in [0.29, 0.717) is 0 Å². The molecule has 0 saturated carbocycles. The van der Waals surface area contributed by atoms with Crippen LogP contribution in [-0.2, 0) is 19.6 Å². The Hall–Kier alpha value is -2.60. The Morgan fingerprint density at radius 3 is 2.56 bits per heavy atom. The van der Waals surface area contributed by atoms with E-state index in [4.69, 9.17) is 5.10 Å². The molecule has 0 aromatic carbocycles. The van der Waals surface area contributed by atoms with Crippen LogP contribution in [0.4, 0.5) is 0 Å². The van der Waals surface area contributed by atoms with Crippen LogP contribution in [0.3, 0.4) is 0 Å². The second-order valence-corrected chi connectivity index (χ2v) is 6.66. The van der Waals surface area contributed by atoms with Crippen LogP contribution in [0.15, 0.2) is 30.7 Å². The minimum Gasteiger partial charge on any atom is -0.291 e. The van der Waals surface area contributed by atoms with Crippen LogP contribution < -0.4 is 0 Å². The summed E-state index contributed by atoms with van der Waals surface area (Å²) in [6.45, 7) is 9.77. The summed E-state index contributed by atoms with van der Waals surface area (Å²) in [5, 5.41) is 4.84. The molecule has 3 aromatic rings. The molecule has 0 radical (unpaired) electrons. The number of rotatable bonds is 3. The third-order valence-electron chi connectivity index (χ3n) is 4.80. The molecule has 0 bridgehead atoms. The van der Waals surface area contributed by atoms with Crippen LogP contribution in [-0.4, -0.2) is 36.2 Å². The van der Waals surface area contributed by atoms with Gasteiger partial charge in [-0.3, -0.25) is 14.6 Å². The number of fused-ring (bicyclic) bond motifs is 1. The first-order chi connectivity index (χ1) is 12.1. The summed E-state index contributed by atoms with van der Waals surface area (Å²) in [5.41, 5.74) is 6.81. The molecule has 4 heterocycles. The van der Waals surface area contributed by atoms with Gasteiger partial charge in [0.1, 0.15) is 11.5 Å². The molecule has 1 aliphatic rings. The number of aromatic nitrogens is 5. The Morgan fingerprint density at radius 1 is 1.00 bits per heavy atom. The minimum atomic E-state index is 0.812. The third-order valence-corrected chi connectivity index (χ3v) is 4.80. The van der Waals surface area contributed by atoms with Crippen LogP contribution in [0.25, 0.3) is 11.4 Å². The van der Waals surface area contributed by atoms with E-state index in [1.165, 1.54) is 11.3 Å². The first-order valence-electron chi connectivity index (χ1n) is 8.60. The van der Waals surface area contributed by atoms with Crippen LogP contribution in [0, 0.1) is 20.8 Å². The van der Waals surface area contributed by atoms with Gasteiger partial charge >= 0.3 is 0 Å². The number of hydrogen-bond acceptors (Lipinski definition) is 5. The van der Waals surface area contributed by atoms with E-state index in [0.717, 1.165) is 54.5 Å².